The molecule has 0 aliphatic carbocycles. The molecule has 2 rings (SSSR count). The molecule has 0 aliphatic rings. The highest BCUT2D eigenvalue weighted by Crippen LogP contribution is 2.30. The van der Waals surface area contributed by atoms with Crippen LogP contribution in [0, 0.1) is 0 Å². The molecular weight excluding hydrogens is 295 g/mol. The molecular formula is C16H22F3NO2. The van der Waals surface area contributed by atoms with Gasteiger partial charge >= 0.3 is 6.18 Å². The Balaban J connectivity index is 0.00000102. The van der Waals surface area contributed by atoms with E-state index in [1.807, 2.05) is 27.7 Å². The monoisotopic (exact) mass is 317 g/mol. The normalized spacial score (nSPS) is 10.2. The van der Waals surface area contributed by atoms with Crippen LogP contribution in [0.3, 0.4) is 0 Å². The van der Waals surface area contributed by atoms with E-state index in [4.69, 9.17) is 9.52 Å². The lowest BCUT2D eigenvalue weighted by atomic mass is 10.1. The summed E-state index contributed by atoms with van der Waals surface area (Å²) in [4.78, 5) is 4.05. The zero-order valence-electron chi connectivity index (χ0n) is 13.2. The number of aromatic nitrogens is 1. The molecule has 0 atom stereocenters. The first-order chi connectivity index (χ1) is 10.5. The summed E-state index contributed by atoms with van der Waals surface area (Å²) in [5.41, 5.74) is 0.286. The van der Waals surface area contributed by atoms with E-state index in [9.17, 15) is 13.2 Å². The smallest absolute Gasteiger partial charge is 0.416 e. The molecule has 0 bridgehead atoms. The van der Waals surface area contributed by atoms with E-state index in [-0.39, 0.29) is 13.0 Å². The predicted octanol–water partition coefficient (Wildman–Crippen LogP) is 4.95. The Labute approximate surface area is 128 Å². The Bertz CT molecular complexity index is 519. The van der Waals surface area contributed by atoms with Gasteiger partial charge in [-0.25, -0.2) is 4.98 Å². The molecule has 0 unspecified atom stereocenters. The molecule has 1 N–H and O–H groups in total. The number of oxazole rings is 1. The first-order valence-corrected chi connectivity index (χ1v) is 7.23. The molecule has 2 aromatic rings. The Morgan fingerprint density at radius 1 is 1.05 bits per heavy atom. The van der Waals surface area contributed by atoms with E-state index >= 15 is 0 Å². The summed E-state index contributed by atoms with van der Waals surface area (Å²) in [5.74, 6) is 0.354. The van der Waals surface area contributed by atoms with Gasteiger partial charge in [-0.15, -0.1) is 0 Å². The number of benzene rings is 1. The van der Waals surface area contributed by atoms with Crippen molar-refractivity contribution in [3.8, 4) is 11.3 Å². The van der Waals surface area contributed by atoms with Crippen LogP contribution >= 0.6 is 0 Å². The lowest BCUT2D eigenvalue weighted by Crippen LogP contribution is -2.04. The lowest BCUT2D eigenvalue weighted by molar-refractivity contribution is -0.137. The van der Waals surface area contributed by atoms with Gasteiger partial charge in [0.05, 0.1) is 12.2 Å². The van der Waals surface area contributed by atoms with Crippen LogP contribution < -0.4 is 0 Å². The number of rotatable bonds is 3. The van der Waals surface area contributed by atoms with E-state index in [1.54, 1.807) is 0 Å². The number of nitrogens with zero attached hydrogens (tertiary/aromatic N) is 1. The highest BCUT2D eigenvalue weighted by Gasteiger charge is 2.30. The average Bonchev–Trinajstić information content (AvgIpc) is 3.00. The minimum atomic E-state index is -4.34. The van der Waals surface area contributed by atoms with Gasteiger partial charge < -0.3 is 9.52 Å². The minimum Gasteiger partial charge on any atom is -0.448 e. The largest absolute Gasteiger partial charge is 0.448 e. The first-order valence-electron chi connectivity index (χ1n) is 7.23. The highest BCUT2D eigenvalue weighted by molar-refractivity contribution is 5.58. The molecule has 124 valence electrons. The Hall–Kier alpha value is -1.82. The lowest BCUT2D eigenvalue weighted by Gasteiger charge is -2.06. The zero-order valence-corrected chi connectivity index (χ0v) is 13.2. The molecule has 0 saturated heterocycles. The molecule has 0 spiro atoms. The van der Waals surface area contributed by atoms with Crippen LogP contribution in [0.15, 0.2) is 34.9 Å². The summed E-state index contributed by atoms with van der Waals surface area (Å²) >= 11 is 0. The quantitative estimate of drug-likeness (QED) is 0.871. The molecule has 1 heterocycles. The van der Waals surface area contributed by atoms with Gasteiger partial charge in [-0.3, -0.25) is 0 Å². The molecule has 0 aliphatic heterocycles. The summed E-state index contributed by atoms with van der Waals surface area (Å²) in [5, 5.41) is 8.70. The SMILES string of the molecule is CC.CC.OCCc1nc(-c2ccc(C(F)(F)F)cc2)co1. The second-order valence-corrected chi connectivity index (χ2v) is 3.68. The third kappa shape index (κ3) is 5.89. The molecule has 6 heteroatoms. The van der Waals surface area contributed by atoms with Crippen molar-refractivity contribution < 1.29 is 22.7 Å². The van der Waals surface area contributed by atoms with Crippen molar-refractivity contribution in [3.05, 3.63) is 42.0 Å². The molecule has 3 nitrogen and oxygen atoms in total. The number of hydrogen-bond donors (Lipinski definition) is 1. The summed E-state index contributed by atoms with van der Waals surface area (Å²) in [6, 6.07) is 4.66. The zero-order chi connectivity index (χ0) is 17.2. The van der Waals surface area contributed by atoms with Crippen LogP contribution in [0.5, 0.6) is 0 Å². The summed E-state index contributed by atoms with van der Waals surface area (Å²) in [7, 11) is 0. The maximum Gasteiger partial charge on any atom is 0.416 e. The number of alkyl halides is 3. The Kier molecular flexibility index (Phi) is 9.17. The third-order valence-electron chi connectivity index (χ3n) is 2.39. The molecule has 1 aromatic carbocycles. The summed E-state index contributed by atoms with van der Waals surface area (Å²) < 4.78 is 42.2. The van der Waals surface area contributed by atoms with Crippen molar-refractivity contribution in [2.75, 3.05) is 6.61 Å². The van der Waals surface area contributed by atoms with Crippen molar-refractivity contribution >= 4 is 0 Å². The van der Waals surface area contributed by atoms with Crippen molar-refractivity contribution in [3.63, 3.8) is 0 Å². The van der Waals surface area contributed by atoms with Crippen molar-refractivity contribution in [1.82, 2.24) is 4.98 Å². The van der Waals surface area contributed by atoms with Gasteiger partial charge in [0.2, 0.25) is 0 Å². The van der Waals surface area contributed by atoms with E-state index in [1.165, 1.54) is 18.4 Å². The topological polar surface area (TPSA) is 46.3 Å². The second kappa shape index (κ2) is 10.00. The van der Waals surface area contributed by atoms with Gasteiger partial charge in [-0.05, 0) is 12.1 Å². The Morgan fingerprint density at radius 2 is 1.59 bits per heavy atom. The van der Waals surface area contributed by atoms with E-state index in [2.05, 4.69) is 4.98 Å². The predicted molar refractivity (Wildman–Crippen MR) is 80.4 cm³/mol. The molecule has 0 radical (unpaired) electrons. The number of halogens is 3. The number of aliphatic hydroxyl groups excluding tert-OH is 1. The molecule has 1 aromatic heterocycles. The number of aliphatic hydroxyl groups is 1. The number of hydrogen-bond acceptors (Lipinski definition) is 3. The van der Waals surface area contributed by atoms with E-state index in [0.717, 1.165) is 12.1 Å². The van der Waals surface area contributed by atoms with Crippen LogP contribution in [-0.4, -0.2) is 16.7 Å². The van der Waals surface area contributed by atoms with Gasteiger partial charge in [0, 0.05) is 12.0 Å². The highest BCUT2D eigenvalue weighted by atomic mass is 19.4. The van der Waals surface area contributed by atoms with Crippen LogP contribution in [0.4, 0.5) is 13.2 Å². The van der Waals surface area contributed by atoms with Crippen LogP contribution in [0.1, 0.15) is 39.1 Å². The van der Waals surface area contributed by atoms with Crippen LogP contribution in [0.2, 0.25) is 0 Å². The third-order valence-corrected chi connectivity index (χ3v) is 2.39. The van der Waals surface area contributed by atoms with Crippen molar-refractivity contribution in [2.24, 2.45) is 0 Å². The van der Waals surface area contributed by atoms with E-state index < -0.39 is 11.7 Å². The molecule has 22 heavy (non-hydrogen) atoms. The van der Waals surface area contributed by atoms with E-state index in [0.29, 0.717) is 17.1 Å². The fourth-order valence-electron chi connectivity index (χ4n) is 1.48. The van der Waals surface area contributed by atoms with Gasteiger partial charge in [0.15, 0.2) is 5.89 Å². The van der Waals surface area contributed by atoms with Gasteiger partial charge in [0.1, 0.15) is 12.0 Å². The van der Waals surface area contributed by atoms with Crippen LogP contribution in [0.25, 0.3) is 11.3 Å². The van der Waals surface area contributed by atoms with Gasteiger partial charge in [-0.2, -0.15) is 13.2 Å². The summed E-state index contributed by atoms with van der Waals surface area (Å²) in [6.45, 7) is 7.91. The fourth-order valence-corrected chi connectivity index (χ4v) is 1.48. The van der Waals surface area contributed by atoms with Gasteiger partial charge in [0.25, 0.3) is 0 Å². The van der Waals surface area contributed by atoms with Crippen LogP contribution in [-0.2, 0) is 12.6 Å². The van der Waals surface area contributed by atoms with Gasteiger partial charge in [-0.1, -0.05) is 39.8 Å². The molecule has 0 fully saturated rings. The fraction of sp³-hybridized carbons (Fsp3) is 0.438. The first kappa shape index (κ1) is 20.2. The minimum absolute atomic E-state index is 0.0903. The second-order valence-electron chi connectivity index (χ2n) is 3.68. The Morgan fingerprint density at radius 3 is 2.05 bits per heavy atom. The maximum atomic E-state index is 12.4. The van der Waals surface area contributed by atoms with Crippen molar-refractivity contribution in [2.45, 2.75) is 40.3 Å². The average molecular weight is 317 g/mol. The molecule has 0 saturated carbocycles. The van der Waals surface area contributed by atoms with Crippen molar-refractivity contribution in [1.29, 1.82) is 0 Å². The maximum absolute atomic E-state index is 12.4. The summed E-state index contributed by atoms with van der Waals surface area (Å²) in [6.07, 6.45) is -2.71. The molecule has 0 amide bonds. The standard InChI is InChI=1S/C12H10F3NO2.2C2H6/c13-12(14,15)9-3-1-8(2-4-9)10-7-18-11(16-10)5-6-17;2*1-2/h1-4,7,17H,5-6H2;2*1-2H3.